The van der Waals surface area contributed by atoms with Gasteiger partial charge in [0.1, 0.15) is 11.7 Å². The summed E-state index contributed by atoms with van der Waals surface area (Å²) >= 11 is 0. The first-order valence-electron chi connectivity index (χ1n) is 10.4. The molecule has 0 saturated heterocycles. The zero-order chi connectivity index (χ0) is 20.3. The second-order valence-electron chi connectivity index (χ2n) is 8.05. The summed E-state index contributed by atoms with van der Waals surface area (Å²) in [7, 11) is 0. The van der Waals surface area contributed by atoms with E-state index >= 15 is 0 Å². The Labute approximate surface area is 167 Å². The molecular weight excluding hydrogens is 350 g/mol. The first-order valence-corrected chi connectivity index (χ1v) is 10.4. The van der Waals surface area contributed by atoms with Crippen molar-refractivity contribution in [2.75, 3.05) is 0 Å². The minimum atomic E-state index is -0.733. The zero-order valence-electron chi connectivity index (χ0n) is 17.1. The topological polar surface area (TPSA) is 63.2 Å². The monoisotopic (exact) mass is 379 g/mol. The molecule has 28 heavy (non-hydrogen) atoms. The van der Waals surface area contributed by atoms with Gasteiger partial charge in [-0.05, 0) is 61.9 Å². The van der Waals surface area contributed by atoms with E-state index in [1.807, 2.05) is 26.0 Å². The van der Waals surface area contributed by atoms with E-state index < -0.39 is 11.8 Å². The summed E-state index contributed by atoms with van der Waals surface area (Å²) in [5.74, 6) is 4.47. The van der Waals surface area contributed by atoms with Gasteiger partial charge in [0, 0.05) is 30.4 Å². The quantitative estimate of drug-likeness (QED) is 0.628. The predicted octanol–water partition coefficient (Wildman–Crippen LogP) is 3.62. The van der Waals surface area contributed by atoms with Gasteiger partial charge in [-0.3, -0.25) is 14.4 Å². The molecule has 0 radical (unpaired) electrons. The standard InChI is InChI=1S/C24H29NO3/c1-4-8-16-11-15(3)22(17(5-2)12-16)23-20(26)13-18(24(23)28)14-21(27)25-19-9-6-7-10-19/h11-12,18-19,23H,5-7,9-10,13-14H2,1-3H3,(H,25,27). The predicted molar refractivity (Wildman–Crippen MR) is 109 cm³/mol. The SMILES string of the molecule is CC#Cc1cc(C)c(C2C(=O)CC(CC(=O)NC3CCCC3)C2=O)c(CC)c1. The lowest BCUT2D eigenvalue weighted by Gasteiger charge is -2.18. The lowest BCUT2D eigenvalue weighted by atomic mass is 9.85. The molecule has 2 saturated carbocycles. The fourth-order valence-electron chi connectivity index (χ4n) is 4.71. The Morgan fingerprint density at radius 1 is 1.21 bits per heavy atom. The molecular formula is C24H29NO3. The number of nitrogens with one attached hydrogen (secondary N) is 1. The molecule has 1 amide bonds. The van der Waals surface area contributed by atoms with Gasteiger partial charge >= 0.3 is 0 Å². The van der Waals surface area contributed by atoms with Gasteiger partial charge in [-0.1, -0.05) is 25.7 Å². The highest BCUT2D eigenvalue weighted by Crippen LogP contribution is 2.38. The number of amides is 1. The summed E-state index contributed by atoms with van der Waals surface area (Å²) in [6, 6.07) is 4.17. The van der Waals surface area contributed by atoms with Gasteiger partial charge in [0.15, 0.2) is 5.78 Å². The number of hydrogen-bond donors (Lipinski definition) is 1. The molecule has 2 unspecified atom stereocenters. The summed E-state index contributed by atoms with van der Waals surface area (Å²) in [4.78, 5) is 38.2. The second-order valence-corrected chi connectivity index (χ2v) is 8.05. The normalized spacial score (nSPS) is 22.2. The van der Waals surface area contributed by atoms with Crippen LogP contribution < -0.4 is 5.32 Å². The molecule has 0 aromatic heterocycles. The van der Waals surface area contributed by atoms with E-state index in [-0.39, 0.29) is 36.4 Å². The van der Waals surface area contributed by atoms with Crippen LogP contribution in [0.5, 0.6) is 0 Å². The highest BCUT2D eigenvalue weighted by molar-refractivity contribution is 6.15. The number of ketones is 2. The van der Waals surface area contributed by atoms with Crippen LogP contribution in [-0.2, 0) is 20.8 Å². The van der Waals surface area contributed by atoms with Crippen molar-refractivity contribution < 1.29 is 14.4 Å². The van der Waals surface area contributed by atoms with E-state index in [0.29, 0.717) is 0 Å². The molecule has 2 aliphatic rings. The molecule has 4 heteroatoms. The zero-order valence-corrected chi connectivity index (χ0v) is 17.1. The molecule has 0 heterocycles. The van der Waals surface area contributed by atoms with E-state index in [4.69, 9.17) is 0 Å². The van der Waals surface area contributed by atoms with Gasteiger partial charge in [-0.2, -0.15) is 0 Å². The molecule has 1 aromatic rings. The Balaban J connectivity index is 1.79. The highest BCUT2D eigenvalue weighted by Gasteiger charge is 2.44. The lowest BCUT2D eigenvalue weighted by Crippen LogP contribution is -2.34. The molecule has 0 aliphatic heterocycles. The summed E-state index contributed by atoms with van der Waals surface area (Å²) in [6.07, 6.45) is 5.34. The molecule has 0 spiro atoms. The van der Waals surface area contributed by atoms with Gasteiger partial charge in [0.2, 0.25) is 5.91 Å². The Morgan fingerprint density at radius 3 is 2.57 bits per heavy atom. The minimum absolute atomic E-state index is 0.0595. The fraction of sp³-hybridized carbons (Fsp3) is 0.542. The van der Waals surface area contributed by atoms with Crippen LogP contribution in [0, 0.1) is 24.7 Å². The van der Waals surface area contributed by atoms with Gasteiger partial charge < -0.3 is 5.32 Å². The lowest BCUT2D eigenvalue weighted by molar-refractivity contribution is -0.129. The number of carbonyl (C=O) groups is 3. The molecule has 2 atom stereocenters. The van der Waals surface area contributed by atoms with Crippen molar-refractivity contribution in [3.05, 3.63) is 34.4 Å². The number of aryl methyl sites for hydroxylation is 2. The molecule has 148 valence electrons. The average Bonchev–Trinajstić information content (AvgIpc) is 3.24. The Bertz CT molecular complexity index is 853. The largest absolute Gasteiger partial charge is 0.353 e. The molecule has 1 aromatic carbocycles. The first-order chi connectivity index (χ1) is 13.4. The molecule has 0 bridgehead atoms. The van der Waals surface area contributed by atoms with E-state index in [1.165, 1.54) is 0 Å². The maximum absolute atomic E-state index is 13.1. The number of carbonyl (C=O) groups excluding carboxylic acids is 3. The van der Waals surface area contributed by atoms with Crippen molar-refractivity contribution >= 4 is 17.5 Å². The summed E-state index contributed by atoms with van der Waals surface area (Å²) in [6.45, 7) is 5.76. The van der Waals surface area contributed by atoms with Crippen molar-refractivity contribution in [1.29, 1.82) is 0 Å². The van der Waals surface area contributed by atoms with Crippen LogP contribution in [0.3, 0.4) is 0 Å². The Hall–Kier alpha value is -2.41. The first kappa shape index (κ1) is 20.3. The van der Waals surface area contributed by atoms with Gasteiger partial charge in [-0.25, -0.2) is 0 Å². The van der Waals surface area contributed by atoms with Crippen molar-refractivity contribution in [2.24, 2.45) is 5.92 Å². The molecule has 2 fully saturated rings. The molecule has 2 aliphatic carbocycles. The molecule has 3 rings (SSSR count). The van der Waals surface area contributed by atoms with Crippen molar-refractivity contribution in [2.45, 2.75) is 77.7 Å². The average molecular weight is 380 g/mol. The number of Topliss-reactive ketones (excluding diaryl/α,β-unsaturated/α-hetero) is 2. The maximum Gasteiger partial charge on any atom is 0.220 e. The van der Waals surface area contributed by atoms with Crippen LogP contribution in [0.1, 0.15) is 80.5 Å². The third kappa shape index (κ3) is 4.19. The summed E-state index contributed by atoms with van der Waals surface area (Å²) in [5.41, 5.74) is 3.67. The van der Waals surface area contributed by atoms with Gasteiger partial charge in [0.05, 0.1) is 0 Å². The van der Waals surface area contributed by atoms with Crippen molar-refractivity contribution in [1.82, 2.24) is 5.32 Å². The Morgan fingerprint density at radius 2 is 1.93 bits per heavy atom. The number of benzene rings is 1. The van der Waals surface area contributed by atoms with Crippen LogP contribution in [0.2, 0.25) is 0 Å². The maximum atomic E-state index is 13.1. The number of rotatable bonds is 5. The van der Waals surface area contributed by atoms with Crippen molar-refractivity contribution in [3.8, 4) is 11.8 Å². The van der Waals surface area contributed by atoms with E-state index in [9.17, 15) is 14.4 Å². The highest BCUT2D eigenvalue weighted by atomic mass is 16.2. The summed E-state index contributed by atoms with van der Waals surface area (Å²) < 4.78 is 0. The minimum Gasteiger partial charge on any atom is -0.353 e. The van der Waals surface area contributed by atoms with E-state index in [0.717, 1.165) is 54.4 Å². The smallest absolute Gasteiger partial charge is 0.220 e. The van der Waals surface area contributed by atoms with E-state index in [2.05, 4.69) is 17.2 Å². The third-order valence-electron chi connectivity index (χ3n) is 6.02. The van der Waals surface area contributed by atoms with Crippen molar-refractivity contribution in [3.63, 3.8) is 0 Å². The second kappa shape index (κ2) is 8.73. The molecule has 4 nitrogen and oxygen atoms in total. The fourth-order valence-corrected chi connectivity index (χ4v) is 4.71. The van der Waals surface area contributed by atoms with Crippen LogP contribution in [0.25, 0.3) is 0 Å². The van der Waals surface area contributed by atoms with Gasteiger partial charge in [0.25, 0.3) is 0 Å². The van der Waals surface area contributed by atoms with Crippen LogP contribution in [-0.4, -0.2) is 23.5 Å². The molecule has 1 N–H and O–H groups in total. The Kier molecular flexibility index (Phi) is 6.34. The number of hydrogen-bond acceptors (Lipinski definition) is 3. The van der Waals surface area contributed by atoms with Crippen LogP contribution in [0.15, 0.2) is 12.1 Å². The van der Waals surface area contributed by atoms with Gasteiger partial charge in [-0.15, -0.1) is 5.92 Å². The third-order valence-corrected chi connectivity index (χ3v) is 6.02. The van der Waals surface area contributed by atoms with Crippen LogP contribution in [0.4, 0.5) is 0 Å². The summed E-state index contributed by atoms with van der Waals surface area (Å²) in [5, 5.41) is 3.03. The van der Waals surface area contributed by atoms with Crippen LogP contribution >= 0.6 is 0 Å². The van der Waals surface area contributed by atoms with E-state index in [1.54, 1.807) is 6.92 Å².